The first-order chi connectivity index (χ1) is 7.77. The third kappa shape index (κ3) is 4.19. The number of Topliss-reactive ketones (excluding diaryl/α,β-unsaturated/α-hetero) is 1. The maximum Gasteiger partial charge on any atom is 0.164 e. The number of methoxy groups -OCH3 is 1. The molecule has 0 spiro atoms. The van der Waals surface area contributed by atoms with Crippen molar-refractivity contribution in [2.45, 2.75) is 39.2 Å². The molecule has 0 bridgehead atoms. The molecule has 1 rings (SSSR count). The molecule has 1 aromatic rings. The van der Waals surface area contributed by atoms with Gasteiger partial charge in [-0.3, -0.25) is 4.79 Å². The van der Waals surface area contributed by atoms with Crippen LogP contribution in [0.25, 0.3) is 0 Å². The topological polar surface area (TPSA) is 31.2 Å². The normalized spacial score (nSPS) is 10.6. The van der Waals surface area contributed by atoms with Crippen LogP contribution in [0.1, 0.15) is 43.0 Å². The zero-order valence-corrected chi connectivity index (χ0v) is 10.2. The van der Waals surface area contributed by atoms with Crippen molar-refractivity contribution in [1.29, 1.82) is 0 Å². The second-order valence-corrected chi connectivity index (χ2v) is 4.01. The van der Waals surface area contributed by atoms with Crippen molar-refractivity contribution in [3.8, 4) is 0 Å². The van der Waals surface area contributed by atoms with Gasteiger partial charge in [-0.25, -0.2) is 0 Å². The number of ether oxygens (including phenoxy) is 1. The first-order valence-corrected chi connectivity index (χ1v) is 5.96. The number of carbonyl (C=O) groups excluding carboxylic acids is 1. The highest BCUT2D eigenvalue weighted by atomic mass is 16.5. The summed E-state index contributed by atoms with van der Waals surface area (Å²) in [6.07, 6.45) is 7.64. The minimum Gasteiger partial charge on any atom is -0.385 e. The second-order valence-electron chi connectivity index (χ2n) is 4.01. The summed E-state index contributed by atoms with van der Waals surface area (Å²) in [5, 5.41) is 0. The quantitative estimate of drug-likeness (QED) is 0.501. The van der Waals surface area contributed by atoms with Crippen LogP contribution in [0.5, 0.6) is 0 Å². The number of hydrogen-bond acceptors (Lipinski definition) is 2. The maximum absolute atomic E-state index is 11.6. The average Bonchev–Trinajstić information content (AvgIpc) is 2.73. The fraction of sp³-hybridized carbons (Fsp3) is 0.615. The lowest BCUT2D eigenvalue weighted by atomic mass is 10.1. The molecule has 16 heavy (non-hydrogen) atoms. The first kappa shape index (κ1) is 13.0. The molecule has 0 saturated carbocycles. The lowest BCUT2D eigenvalue weighted by molar-refractivity contribution is 0.0981. The Morgan fingerprint density at radius 2 is 2.25 bits per heavy atom. The van der Waals surface area contributed by atoms with Gasteiger partial charge in [-0.05, 0) is 25.3 Å². The van der Waals surface area contributed by atoms with E-state index in [1.165, 1.54) is 0 Å². The monoisotopic (exact) mass is 223 g/mol. The van der Waals surface area contributed by atoms with Crippen molar-refractivity contribution in [2.75, 3.05) is 13.7 Å². The van der Waals surface area contributed by atoms with Crippen LogP contribution in [0.15, 0.2) is 18.5 Å². The van der Waals surface area contributed by atoms with Crippen LogP contribution in [0, 0.1) is 0 Å². The van der Waals surface area contributed by atoms with Crippen molar-refractivity contribution in [1.82, 2.24) is 4.57 Å². The summed E-state index contributed by atoms with van der Waals surface area (Å²) < 4.78 is 7.07. The van der Waals surface area contributed by atoms with Crippen molar-refractivity contribution >= 4 is 5.78 Å². The van der Waals surface area contributed by atoms with Gasteiger partial charge in [0.25, 0.3) is 0 Å². The lowest BCUT2D eigenvalue weighted by Gasteiger charge is -2.02. The Labute approximate surface area is 97.4 Å². The third-order valence-electron chi connectivity index (χ3n) is 2.56. The Kier molecular flexibility index (Phi) is 5.86. The number of ketones is 1. The molecule has 0 atom stereocenters. The number of hydrogen-bond donors (Lipinski definition) is 0. The minimum absolute atomic E-state index is 0.248. The Morgan fingerprint density at radius 3 is 2.94 bits per heavy atom. The van der Waals surface area contributed by atoms with E-state index in [1.807, 2.05) is 25.4 Å². The molecule has 0 amide bonds. The van der Waals surface area contributed by atoms with Gasteiger partial charge in [0.15, 0.2) is 5.78 Å². The van der Waals surface area contributed by atoms with Gasteiger partial charge >= 0.3 is 0 Å². The van der Waals surface area contributed by atoms with Crippen LogP contribution in [0.2, 0.25) is 0 Å². The summed E-state index contributed by atoms with van der Waals surface area (Å²) in [6.45, 7) is 3.80. The van der Waals surface area contributed by atoms with Crippen molar-refractivity contribution in [3.05, 3.63) is 24.0 Å². The second kappa shape index (κ2) is 7.23. The van der Waals surface area contributed by atoms with Gasteiger partial charge in [-0.15, -0.1) is 0 Å². The summed E-state index contributed by atoms with van der Waals surface area (Å²) in [4.78, 5) is 11.6. The van der Waals surface area contributed by atoms with Gasteiger partial charge in [-0.1, -0.05) is 6.92 Å². The highest BCUT2D eigenvalue weighted by Crippen LogP contribution is 2.07. The summed E-state index contributed by atoms with van der Waals surface area (Å²) in [6, 6.07) is 1.91. The standard InChI is InChI=1S/C13H21NO2/c1-3-6-13(15)12-7-9-14(11-12)8-4-5-10-16-2/h7,9,11H,3-6,8,10H2,1-2H3. The molecular formula is C13H21NO2. The molecule has 3 heteroatoms. The van der Waals surface area contributed by atoms with E-state index in [0.717, 1.165) is 38.0 Å². The molecule has 0 saturated heterocycles. The van der Waals surface area contributed by atoms with E-state index in [4.69, 9.17) is 4.74 Å². The van der Waals surface area contributed by atoms with E-state index in [1.54, 1.807) is 7.11 Å². The average molecular weight is 223 g/mol. The predicted octanol–water partition coefficient (Wildman–Crippen LogP) is 2.90. The van der Waals surface area contributed by atoms with Crippen LogP contribution in [0.3, 0.4) is 0 Å². The third-order valence-corrected chi connectivity index (χ3v) is 2.56. The van der Waals surface area contributed by atoms with Gasteiger partial charge < -0.3 is 9.30 Å². The van der Waals surface area contributed by atoms with E-state index in [2.05, 4.69) is 4.57 Å². The fourth-order valence-electron chi connectivity index (χ4n) is 1.66. The SMILES string of the molecule is CCCC(=O)c1ccn(CCCCOC)c1. The molecule has 0 aliphatic rings. The van der Waals surface area contributed by atoms with Gasteiger partial charge in [0.1, 0.15) is 0 Å². The minimum atomic E-state index is 0.248. The Morgan fingerprint density at radius 1 is 1.44 bits per heavy atom. The van der Waals surface area contributed by atoms with E-state index in [-0.39, 0.29) is 5.78 Å². The summed E-state index contributed by atoms with van der Waals surface area (Å²) >= 11 is 0. The van der Waals surface area contributed by atoms with Gasteiger partial charge in [0.2, 0.25) is 0 Å². The molecule has 1 heterocycles. The zero-order chi connectivity index (χ0) is 11.8. The molecule has 3 nitrogen and oxygen atoms in total. The van der Waals surface area contributed by atoms with Crippen LogP contribution in [-0.2, 0) is 11.3 Å². The zero-order valence-electron chi connectivity index (χ0n) is 10.2. The van der Waals surface area contributed by atoms with Crippen molar-refractivity contribution in [2.24, 2.45) is 0 Å². The summed E-state index contributed by atoms with van der Waals surface area (Å²) in [5.41, 5.74) is 0.841. The van der Waals surface area contributed by atoms with Gasteiger partial charge in [0, 0.05) is 44.6 Å². The smallest absolute Gasteiger partial charge is 0.164 e. The van der Waals surface area contributed by atoms with E-state index < -0.39 is 0 Å². The summed E-state index contributed by atoms with van der Waals surface area (Å²) in [7, 11) is 1.72. The van der Waals surface area contributed by atoms with Crippen LogP contribution in [0.4, 0.5) is 0 Å². The predicted molar refractivity (Wildman–Crippen MR) is 64.8 cm³/mol. The molecule has 0 fully saturated rings. The Bertz CT molecular complexity index is 317. The highest BCUT2D eigenvalue weighted by molar-refractivity contribution is 5.95. The molecule has 0 aliphatic heterocycles. The molecule has 0 aliphatic carbocycles. The van der Waals surface area contributed by atoms with Crippen LogP contribution in [-0.4, -0.2) is 24.1 Å². The van der Waals surface area contributed by atoms with Crippen molar-refractivity contribution < 1.29 is 9.53 Å². The molecule has 90 valence electrons. The number of aromatic nitrogens is 1. The lowest BCUT2D eigenvalue weighted by Crippen LogP contribution is -1.99. The Hall–Kier alpha value is -1.09. The number of carbonyl (C=O) groups is 1. The van der Waals surface area contributed by atoms with E-state index in [9.17, 15) is 4.79 Å². The Balaban J connectivity index is 2.36. The first-order valence-electron chi connectivity index (χ1n) is 5.96. The van der Waals surface area contributed by atoms with Gasteiger partial charge in [0.05, 0.1) is 0 Å². The molecule has 0 N–H and O–H groups in total. The number of unbranched alkanes of at least 4 members (excludes halogenated alkanes) is 1. The number of rotatable bonds is 8. The number of nitrogens with zero attached hydrogens (tertiary/aromatic N) is 1. The maximum atomic E-state index is 11.6. The molecule has 0 aromatic carbocycles. The molecule has 0 unspecified atom stereocenters. The van der Waals surface area contributed by atoms with Gasteiger partial charge in [-0.2, -0.15) is 0 Å². The molecular weight excluding hydrogens is 202 g/mol. The summed E-state index contributed by atoms with van der Waals surface area (Å²) in [5.74, 6) is 0.248. The van der Waals surface area contributed by atoms with Crippen molar-refractivity contribution in [3.63, 3.8) is 0 Å². The highest BCUT2D eigenvalue weighted by Gasteiger charge is 2.05. The number of aryl methyl sites for hydroxylation is 1. The fourth-order valence-corrected chi connectivity index (χ4v) is 1.66. The van der Waals surface area contributed by atoms with Crippen LogP contribution >= 0.6 is 0 Å². The molecule has 0 radical (unpaired) electrons. The largest absolute Gasteiger partial charge is 0.385 e. The van der Waals surface area contributed by atoms with Crippen LogP contribution < -0.4 is 0 Å². The molecule has 1 aromatic heterocycles. The van der Waals surface area contributed by atoms with E-state index in [0.29, 0.717) is 6.42 Å². The van der Waals surface area contributed by atoms with E-state index >= 15 is 0 Å².